The van der Waals surface area contributed by atoms with Crippen molar-refractivity contribution in [2.45, 2.75) is 13.2 Å². The number of hydrogen-bond acceptors (Lipinski definition) is 4. The monoisotopic (exact) mass is 295 g/mol. The zero-order chi connectivity index (χ0) is 14.2. The Balaban J connectivity index is 1.90. The molecule has 1 aromatic heterocycles. The van der Waals surface area contributed by atoms with Crippen molar-refractivity contribution < 1.29 is 13.9 Å². The third kappa shape index (κ3) is 4.92. The van der Waals surface area contributed by atoms with Crippen molar-refractivity contribution in [2.24, 2.45) is 0 Å². The molecule has 0 amide bonds. The Kier molecular flexibility index (Phi) is 5.98. The minimum Gasteiger partial charge on any atom is -0.489 e. The van der Waals surface area contributed by atoms with Gasteiger partial charge in [-0.3, -0.25) is 0 Å². The van der Waals surface area contributed by atoms with Crippen molar-refractivity contribution >= 4 is 11.3 Å². The molecule has 5 heteroatoms. The number of nitrogens with one attached hydrogen (secondary N) is 1. The van der Waals surface area contributed by atoms with E-state index in [-0.39, 0.29) is 5.82 Å². The first-order valence-corrected chi connectivity index (χ1v) is 7.35. The van der Waals surface area contributed by atoms with E-state index in [1.165, 1.54) is 12.1 Å². The molecule has 2 rings (SSSR count). The summed E-state index contributed by atoms with van der Waals surface area (Å²) in [6.45, 7) is 2.42. The number of thiophene rings is 1. The first-order chi connectivity index (χ1) is 9.78. The van der Waals surface area contributed by atoms with Gasteiger partial charge in [-0.05, 0) is 40.1 Å². The molecule has 0 bridgehead atoms. The molecule has 1 heterocycles. The number of ether oxygens (including phenoxy) is 2. The van der Waals surface area contributed by atoms with Crippen LogP contribution in [0.5, 0.6) is 5.75 Å². The van der Waals surface area contributed by atoms with Crippen LogP contribution in [0.4, 0.5) is 4.39 Å². The van der Waals surface area contributed by atoms with Crippen LogP contribution in [-0.2, 0) is 17.9 Å². The number of methoxy groups -OCH3 is 1. The molecule has 20 heavy (non-hydrogen) atoms. The third-order valence-electron chi connectivity index (χ3n) is 2.73. The first kappa shape index (κ1) is 15.0. The molecule has 0 aliphatic heterocycles. The summed E-state index contributed by atoms with van der Waals surface area (Å²) in [7, 11) is 1.65. The Bertz CT molecular complexity index is 517. The second kappa shape index (κ2) is 7.99. The number of rotatable bonds is 8. The highest BCUT2D eigenvalue weighted by Gasteiger charge is 2.03. The molecule has 0 fully saturated rings. The van der Waals surface area contributed by atoms with E-state index in [9.17, 15) is 4.39 Å². The lowest BCUT2D eigenvalue weighted by molar-refractivity contribution is 0.199. The molecule has 0 atom stereocenters. The van der Waals surface area contributed by atoms with Gasteiger partial charge in [0.25, 0.3) is 0 Å². The van der Waals surface area contributed by atoms with Gasteiger partial charge in [-0.1, -0.05) is 0 Å². The van der Waals surface area contributed by atoms with Crippen LogP contribution in [0.3, 0.4) is 0 Å². The van der Waals surface area contributed by atoms with E-state index in [4.69, 9.17) is 9.47 Å². The van der Waals surface area contributed by atoms with Crippen LogP contribution in [0.2, 0.25) is 0 Å². The average Bonchev–Trinajstić information content (AvgIpc) is 2.94. The maximum Gasteiger partial charge on any atom is 0.127 e. The van der Waals surface area contributed by atoms with Gasteiger partial charge in [-0.25, -0.2) is 4.39 Å². The van der Waals surface area contributed by atoms with E-state index in [0.717, 1.165) is 17.7 Å². The number of halogens is 1. The lowest BCUT2D eigenvalue weighted by Gasteiger charge is -2.09. The van der Waals surface area contributed by atoms with E-state index in [2.05, 4.69) is 5.32 Å². The highest BCUT2D eigenvalue weighted by Crippen LogP contribution is 2.18. The fourth-order valence-corrected chi connectivity index (χ4v) is 2.41. The number of hydrogen-bond donors (Lipinski definition) is 1. The topological polar surface area (TPSA) is 30.5 Å². The molecule has 0 unspecified atom stereocenters. The molecule has 0 aliphatic rings. The van der Waals surface area contributed by atoms with Gasteiger partial charge in [0, 0.05) is 26.3 Å². The van der Waals surface area contributed by atoms with Crippen LogP contribution in [0.15, 0.2) is 35.0 Å². The summed E-state index contributed by atoms with van der Waals surface area (Å²) in [5.74, 6) is 0.274. The van der Waals surface area contributed by atoms with Gasteiger partial charge in [0.05, 0.1) is 6.61 Å². The molecule has 2 aromatic rings. The van der Waals surface area contributed by atoms with Crippen molar-refractivity contribution in [2.75, 3.05) is 20.3 Å². The summed E-state index contributed by atoms with van der Waals surface area (Å²) in [4.78, 5) is 0. The molecule has 3 nitrogen and oxygen atoms in total. The zero-order valence-corrected chi connectivity index (χ0v) is 12.2. The van der Waals surface area contributed by atoms with Crippen molar-refractivity contribution in [1.82, 2.24) is 5.32 Å². The summed E-state index contributed by atoms with van der Waals surface area (Å²) in [5.41, 5.74) is 1.96. The summed E-state index contributed by atoms with van der Waals surface area (Å²) in [6.07, 6.45) is 0. The Hall–Kier alpha value is -1.43. The highest BCUT2D eigenvalue weighted by atomic mass is 32.1. The third-order valence-corrected chi connectivity index (χ3v) is 3.46. The predicted molar refractivity (Wildman–Crippen MR) is 78.6 cm³/mol. The zero-order valence-electron chi connectivity index (χ0n) is 11.4. The molecule has 0 spiro atoms. The molecular weight excluding hydrogens is 277 g/mol. The van der Waals surface area contributed by atoms with E-state index >= 15 is 0 Å². The van der Waals surface area contributed by atoms with E-state index in [0.29, 0.717) is 25.5 Å². The van der Waals surface area contributed by atoms with Crippen molar-refractivity contribution in [3.8, 4) is 5.75 Å². The Labute approximate surface area is 122 Å². The van der Waals surface area contributed by atoms with E-state index < -0.39 is 0 Å². The molecule has 108 valence electrons. The van der Waals surface area contributed by atoms with Crippen molar-refractivity contribution in [1.29, 1.82) is 0 Å². The Morgan fingerprint density at radius 2 is 2.15 bits per heavy atom. The quantitative estimate of drug-likeness (QED) is 0.759. The molecule has 0 aliphatic carbocycles. The highest BCUT2D eigenvalue weighted by molar-refractivity contribution is 7.07. The Morgan fingerprint density at radius 1 is 1.25 bits per heavy atom. The van der Waals surface area contributed by atoms with E-state index in [1.807, 2.05) is 22.9 Å². The molecule has 0 radical (unpaired) electrons. The molecule has 0 saturated carbocycles. The minimum atomic E-state index is -0.281. The minimum absolute atomic E-state index is 0.281. The second-order valence-corrected chi connectivity index (χ2v) is 5.17. The lowest BCUT2D eigenvalue weighted by atomic mass is 10.2. The normalized spacial score (nSPS) is 10.7. The summed E-state index contributed by atoms with van der Waals surface area (Å²) >= 11 is 1.62. The van der Waals surface area contributed by atoms with E-state index in [1.54, 1.807) is 18.4 Å². The molecule has 0 saturated heterocycles. The summed E-state index contributed by atoms with van der Waals surface area (Å²) in [6, 6.07) is 6.77. The fourth-order valence-electron chi connectivity index (χ4n) is 1.75. The predicted octanol–water partition coefficient (Wildman–Crippen LogP) is 3.20. The van der Waals surface area contributed by atoms with Crippen LogP contribution >= 0.6 is 11.3 Å². The average molecular weight is 295 g/mol. The number of benzene rings is 1. The van der Waals surface area contributed by atoms with Crippen molar-refractivity contribution in [3.63, 3.8) is 0 Å². The fraction of sp³-hybridized carbons (Fsp3) is 0.333. The smallest absolute Gasteiger partial charge is 0.127 e. The Morgan fingerprint density at radius 3 is 2.90 bits per heavy atom. The molecule has 1 N–H and O–H groups in total. The van der Waals surface area contributed by atoms with Gasteiger partial charge in [0.1, 0.15) is 18.2 Å². The van der Waals surface area contributed by atoms with Crippen LogP contribution in [-0.4, -0.2) is 20.3 Å². The summed E-state index contributed by atoms with van der Waals surface area (Å²) < 4.78 is 24.1. The molecular formula is C15H18FNO2S. The maximum atomic E-state index is 13.5. The van der Waals surface area contributed by atoms with Gasteiger partial charge in [-0.2, -0.15) is 11.3 Å². The van der Waals surface area contributed by atoms with Crippen LogP contribution in [0, 0.1) is 5.82 Å². The standard InChI is InChI=1S/C15H18FNO2S/c1-18-4-3-17-9-13-6-14(16)8-15(7-13)19-10-12-2-5-20-11-12/h2,5-8,11,17H,3-4,9-10H2,1H3. The van der Waals surface area contributed by atoms with Gasteiger partial charge in [0.2, 0.25) is 0 Å². The van der Waals surface area contributed by atoms with Gasteiger partial charge < -0.3 is 14.8 Å². The van der Waals surface area contributed by atoms with Gasteiger partial charge in [0.15, 0.2) is 0 Å². The van der Waals surface area contributed by atoms with Gasteiger partial charge >= 0.3 is 0 Å². The largest absolute Gasteiger partial charge is 0.489 e. The van der Waals surface area contributed by atoms with Crippen LogP contribution in [0.25, 0.3) is 0 Å². The lowest BCUT2D eigenvalue weighted by Crippen LogP contribution is -2.18. The second-order valence-electron chi connectivity index (χ2n) is 4.39. The maximum absolute atomic E-state index is 13.5. The first-order valence-electron chi connectivity index (χ1n) is 6.41. The SMILES string of the molecule is COCCNCc1cc(F)cc(OCc2ccsc2)c1. The molecule has 1 aromatic carbocycles. The summed E-state index contributed by atoms with van der Waals surface area (Å²) in [5, 5.41) is 7.20. The van der Waals surface area contributed by atoms with Crippen LogP contribution in [0.1, 0.15) is 11.1 Å². The van der Waals surface area contributed by atoms with Crippen LogP contribution < -0.4 is 10.1 Å². The van der Waals surface area contributed by atoms with Crippen molar-refractivity contribution in [3.05, 3.63) is 52.0 Å². The van der Waals surface area contributed by atoms with Gasteiger partial charge in [-0.15, -0.1) is 0 Å².